The zero-order chi connectivity index (χ0) is 20.0. The van der Waals surface area contributed by atoms with Crippen LogP contribution in [0.15, 0.2) is 42.5 Å². The SMILES string of the molecule is CC(C#N)(COc1ccc(F)c(F)c1)NC(=O)c1ccc(OC(F)F)cc1. The summed E-state index contributed by atoms with van der Waals surface area (Å²) in [6.07, 6.45) is 0. The number of carbonyl (C=O) groups excluding carboxylic acids is 1. The lowest BCUT2D eigenvalue weighted by Gasteiger charge is -2.23. The van der Waals surface area contributed by atoms with Gasteiger partial charge in [-0.1, -0.05) is 0 Å². The van der Waals surface area contributed by atoms with Crippen molar-refractivity contribution in [2.24, 2.45) is 0 Å². The fourth-order valence-corrected chi connectivity index (χ4v) is 2.00. The average molecular weight is 382 g/mol. The van der Waals surface area contributed by atoms with Gasteiger partial charge in [-0.3, -0.25) is 4.79 Å². The molecular weight excluding hydrogens is 368 g/mol. The van der Waals surface area contributed by atoms with E-state index in [-0.39, 0.29) is 23.7 Å². The summed E-state index contributed by atoms with van der Waals surface area (Å²) in [5.41, 5.74) is -1.38. The number of rotatable bonds is 7. The van der Waals surface area contributed by atoms with Gasteiger partial charge in [0.15, 0.2) is 17.2 Å². The molecular formula is C18H14F4N2O3. The van der Waals surface area contributed by atoms with Crippen molar-refractivity contribution in [3.63, 3.8) is 0 Å². The average Bonchev–Trinajstić information content (AvgIpc) is 2.63. The first-order chi connectivity index (χ1) is 12.7. The van der Waals surface area contributed by atoms with E-state index in [1.54, 1.807) is 0 Å². The van der Waals surface area contributed by atoms with E-state index < -0.39 is 29.7 Å². The molecule has 0 bridgehead atoms. The molecule has 0 aromatic heterocycles. The first-order valence-electron chi connectivity index (χ1n) is 7.59. The van der Waals surface area contributed by atoms with Crippen LogP contribution in [0.1, 0.15) is 17.3 Å². The number of carbonyl (C=O) groups is 1. The molecule has 27 heavy (non-hydrogen) atoms. The van der Waals surface area contributed by atoms with Crippen molar-refractivity contribution in [2.75, 3.05) is 6.61 Å². The normalized spacial score (nSPS) is 12.8. The maximum Gasteiger partial charge on any atom is 0.387 e. The van der Waals surface area contributed by atoms with Crippen molar-refractivity contribution in [2.45, 2.75) is 19.1 Å². The first-order valence-corrected chi connectivity index (χ1v) is 7.59. The number of amides is 1. The van der Waals surface area contributed by atoms with E-state index in [2.05, 4.69) is 10.1 Å². The zero-order valence-electron chi connectivity index (χ0n) is 14.0. The predicted octanol–water partition coefficient (Wildman–Crippen LogP) is 3.66. The Morgan fingerprint density at radius 2 is 1.78 bits per heavy atom. The number of nitrogens with one attached hydrogen (secondary N) is 1. The minimum absolute atomic E-state index is 0.0156. The summed E-state index contributed by atoms with van der Waals surface area (Å²) < 4.78 is 59.8. The molecule has 0 fully saturated rings. The van der Waals surface area contributed by atoms with Crippen LogP contribution >= 0.6 is 0 Å². The number of nitriles is 1. The van der Waals surface area contributed by atoms with E-state index in [0.29, 0.717) is 0 Å². The second-order valence-corrected chi connectivity index (χ2v) is 5.67. The van der Waals surface area contributed by atoms with Gasteiger partial charge in [0.1, 0.15) is 18.1 Å². The van der Waals surface area contributed by atoms with Gasteiger partial charge in [0.2, 0.25) is 0 Å². The minimum atomic E-state index is -2.99. The molecule has 0 heterocycles. The summed E-state index contributed by atoms with van der Waals surface area (Å²) in [6, 6.07) is 9.60. The fourth-order valence-electron chi connectivity index (χ4n) is 2.00. The Kier molecular flexibility index (Phi) is 6.23. The summed E-state index contributed by atoms with van der Waals surface area (Å²) in [5, 5.41) is 11.8. The monoisotopic (exact) mass is 382 g/mol. The Morgan fingerprint density at radius 3 is 2.33 bits per heavy atom. The second kappa shape index (κ2) is 8.40. The molecule has 9 heteroatoms. The molecule has 0 aliphatic rings. The van der Waals surface area contributed by atoms with E-state index in [9.17, 15) is 27.6 Å². The number of benzene rings is 2. The van der Waals surface area contributed by atoms with Gasteiger partial charge in [-0.2, -0.15) is 14.0 Å². The van der Waals surface area contributed by atoms with Gasteiger partial charge in [-0.25, -0.2) is 8.78 Å². The summed E-state index contributed by atoms with van der Waals surface area (Å²) in [4.78, 5) is 12.2. The Bertz CT molecular complexity index is 853. The molecule has 1 atom stereocenters. The third-order valence-electron chi connectivity index (χ3n) is 3.40. The van der Waals surface area contributed by atoms with Crippen molar-refractivity contribution in [3.05, 3.63) is 59.7 Å². The lowest BCUT2D eigenvalue weighted by molar-refractivity contribution is -0.0498. The van der Waals surface area contributed by atoms with E-state index in [4.69, 9.17) is 4.74 Å². The quantitative estimate of drug-likeness (QED) is 0.742. The molecule has 0 spiro atoms. The topological polar surface area (TPSA) is 71.3 Å². The molecule has 1 amide bonds. The van der Waals surface area contributed by atoms with Crippen LogP contribution in [-0.4, -0.2) is 24.7 Å². The van der Waals surface area contributed by atoms with Crippen LogP contribution in [0.25, 0.3) is 0 Å². The molecule has 0 saturated heterocycles. The Labute approximate surface area is 152 Å². The van der Waals surface area contributed by atoms with E-state index in [1.165, 1.54) is 37.3 Å². The lowest BCUT2D eigenvalue weighted by atomic mass is 10.1. The van der Waals surface area contributed by atoms with Crippen LogP contribution in [0.2, 0.25) is 0 Å². The van der Waals surface area contributed by atoms with Crippen LogP contribution in [0.3, 0.4) is 0 Å². The molecule has 2 rings (SSSR count). The summed E-state index contributed by atoms with van der Waals surface area (Å²) in [5.74, 6) is -2.94. The Hall–Kier alpha value is -3.28. The van der Waals surface area contributed by atoms with Gasteiger partial charge in [0, 0.05) is 11.6 Å². The van der Waals surface area contributed by atoms with Crippen molar-refractivity contribution < 1.29 is 31.8 Å². The number of ether oxygens (including phenoxy) is 2. The fraction of sp³-hybridized carbons (Fsp3) is 0.222. The molecule has 0 saturated carbocycles. The highest BCUT2D eigenvalue weighted by Gasteiger charge is 2.28. The van der Waals surface area contributed by atoms with Crippen LogP contribution in [0.5, 0.6) is 11.5 Å². The van der Waals surface area contributed by atoms with Crippen molar-refractivity contribution >= 4 is 5.91 Å². The molecule has 0 aliphatic carbocycles. The predicted molar refractivity (Wildman–Crippen MR) is 86.4 cm³/mol. The van der Waals surface area contributed by atoms with Crippen LogP contribution in [0.4, 0.5) is 17.6 Å². The molecule has 2 aromatic carbocycles. The van der Waals surface area contributed by atoms with Crippen molar-refractivity contribution in [1.82, 2.24) is 5.32 Å². The zero-order valence-corrected chi connectivity index (χ0v) is 14.0. The molecule has 2 aromatic rings. The molecule has 0 aliphatic heterocycles. The van der Waals surface area contributed by atoms with Crippen molar-refractivity contribution in [1.29, 1.82) is 5.26 Å². The number of hydrogen-bond donors (Lipinski definition) is 1. The Balaban J connectivity index is 2.02. The summed E-state index contributed by atoms with van der Waals surface area (Å²) in [6.45, 7) is -1.95. The molecule has 1 N–H and O–H groups in total. The number of halogens is 4. The highest BCUT2D eigenvalue weighted by atomic mass is 19.3. The van der Waals surface area contributed by atoms with Gasteiger partial charge in [-0.15, -0.1) is 0 Å². The van der Waals surface area contributed by atoms with E-state index in [0.717, 1.165) is 12.1 Å². The number of hydrogen-bond acceptors (Lipinski definition) is 4. The summed E-state index contributed by atoms with van der Waals surface area (Å²) in [7, 11) is 0. The molecule has 0 radical (unpaired) electrons. The van der Waals surface area contributed by atoms with Gasteiger partial charge in [-0.05, 0) is 43.3 Å². The summed E-state index contributed by atoms with van der Waals surface area (Å²) >= 11 is 0. The first kappa shape index (κ1) is 20.0. The largest absolute Gasteiger partial charge is 0.490 e. The lowest BCUT2D eigenvalue weighted by Crippen LogP contribution is -2.49. The third-order valence-corrected chi connectivity index (χ3v) is 3.40. The third kappa shape index (κ3) is 5.60. The Morgan fingerprint density at radius 1 is 1.15 bits per heavy atom. The van der Waals surface area contributed by atoms with Gasteiger partial charge < -0.3 is 14.8 Å². The van der Waals surface area contributed by atoms with Gasteiger partial charge in [0.25, 0.3) is 5.91 Å². The highest BCUT2D eigenvalue weighted by Crippen LogP contribution is 2.18. The molecule has 142 valence electrons. The number of alkyl halides is 2. The van der Waals surface area contributed by atoms with Gasteiger partial charge >= 0.3 is 6.61 Å². The minimum Gasteiger partial charge on any atom is -0.490 e. The maximum absolute atomic E-state index is 13.2. The molecule has 5 nitrogen and oxygen atoms in total. The highest BCUT2D eigenvalue weighted by molar-refractivity contribution is 5.95. The van der Waals surface area contributed by atoms with E-state index >= 15 is 0 Å². The maximum atomic E-state index is 13.2. The van der Waals surface area contributed by atoms with Gasteiger partial charge in [0.05, 0.1) is 6.07 Å². The van der Waals surface area contributed by atoms with Crippen LogP contribution < -0.4 is 14.8 Å². The van der Waals surface area contributed by atoms with Crippen LogP contribution in [0, 0.1) is 23.0 Å². The smallest absolute Gasteiger partial charge is 0.387 e. The number of nitrogens with zero attached hydrogens (tertiary/aromatic N) is 1. The van der Waals surface area contributed by atoms with Crippen LogP contribution in [-0.2, 0) is 0 Å². The van der Waals surface area contributed by atoms with E-state index in [1.807, 2.05) is 6.07 Å². The second-order valence-electron chi connectivity index (χ2n) is 5.67. The molecule has 1 unspecified atom stereocenters. The standard InChI is InChI=1S/C18H14F4N2O3/c1-18(9-23,10-26-13-6-7-14(19)15(20)8-13)24-16(25)11-2-4-12(5-3-11)27-17(21)22/h2-8,17H,10H2,1H3,(H,24,25). The van der Waals surface area contributed by atoms with Crippen molar-refractivity contribution in [3.8, 4) is 17.6 Å².